The van der Waals surface area contributed by atoms with Crippen LogP contribution in [0.4, 0.5) is 0 Å². The molecule has 0 unspecified atom stereocenters. The number of Topliss-reactive ketones (excluding diaryl/α,β-unsaturated/α-hetero) is 1. The fourth-order valence-electron chi connectivity index (χ4n) is 1.79. The predicted molar refractivity (Wildman–Crippen MR) is 70.5 cm³/mol. The monoisotopic (exact) mass is 227 g/mol. The zero-order chi connectivity index (χ0) is 12.2. The van der Waals surface area contributed by atoms with Crippen molar-refractivity contribution in [1.29, 1.82) is 0 Å². The van der Waals surface area contributed by atoms with Gasteiger partial charge in [0, 0.05) is 12.3 Å². The Hall–Kier alpha value is -0.370. The minimum absolute atomic E-state index is 0.219. The van der Waals surface area contributed by atoms with E-state index in [0.29, 0.717) is 5.78 Å². The van der Waals surface area contributed by atoms with Crippen LogP contribution >= 0.6 is 0 Å². The Kier molecular flexibility index (Phi) is 10.9. The average Bonchev–Trinajstić information content (AvgIpc) is 2.26. The van der Waals surface area contributed by atoms with Crippen LogP contribution in [-0.2, 0) is 4.79 Å². The van der Waals surface area contributed by atoms with Crippen LogP contribution in [0.25, 0.3) is 0 Å². The number of unbranched alkanes of at least 4 members (excludes halogenated alkanes) is 7. The molecule has 0 amide bonds. The second-order valence-corrected chi connectivity index (χ2v) is 4.99. The lowest BCUT2D eigenvalue weighted by Gasteiger charge is -2.04. The lowest BCUT2D eigenvalue weighted by Crippen LogP contribution is -2.05. The number of carbonyl (C=O) groups is 1. The maximum Gasteiger partial charge on any atom is 0.135 e. The van der Waals surface area contributed by atoms with E-state index in [-0.39, 0.29) is 5.92 Å². The summed E-state index contributed by atoms with van der Waals surface area (Å²) in [4.78, 5) is 11.3. The average molecular weight is 227 g/mol. The van der Waals surface area contributed by atoms with Crippen LogP contribution < -0.4 is 5.73 Å². The number of nitrogens with two attached hydrogens (primary N) is 1. The summed E-state index contributed by atoms with van der Waals surface area (Å²) in [5.41, 5.74) is 5.43. The summed E-state index contributed by atoms with van der Waals surface area (Å²) in [6.07, 6.45) is 10.8. The van der Waals surface area contributed by atoms with Crippen LogP contribution in [0, 0.1) is 5.92 Å². The highest BCUT2D eigenvalue weighted by Gasteiger charge is 2.05. The van der Waals surface area contributed by atoms with Gasteiger partial charge in [0.25, 0.3) is 0 Å². The topological polar surface area (TPSA) is 43.1 Å². The molecule has 0 saturated heterocycles. The van der Waals surface area contributed by atoms with Gasteiger partial charge in [-0.2, -0.15) is 0 Å². The molecule has 0 aromatic heterocycles. The van der Waals surface area contributed by atoms with Crippen molar-refractivity contribution in [3.63, 3.8) is 0 Å². The zero-order valence-electron chi connectivity index (χ0n) is 11.1. The van der Waals surface area contributed by atoms with E-state index in [1.54, 1.807) is 0 Å². The third-order valence-electron chi connectivity index (χ3n) is 3.02. The van der Waals surface area contributed by atoms with Gasteiger partial charge in [-0.05, 0) is 19.4 Å². The van der Waals surface area contributed by atoms with E-state index in [0.717, 1.165) is 19.4 Å². The van der Waals surface area contributed by atoms with E-state index in [1.807, 2.05) is 13.8 Å². The molecular weight excluding hydrogens is 198 g/mol. The first-order valence-corrected chi connectivity index (χ1v) is 6.91. The molecule has 0 heterocycles. The fraction of sp³-hybridized carbons (Fsp3) is 0.929. The van der Waals surface area contributed by atoms with Crippen molar-refractivity contribution < 1.29 is 4.79 Å². The van der Waals surface area contributed by atoms with Gasteiger partial charge in [0.2, 0.25) is 0 Å². The highest BCUT2D eigenvalue weighted by molar-refractivity contribution is 5.80. The molecule has 0 aromatic carbocycles. The molecule has 2 heteroatoms. The van der Waals surface area contributed by atoms with Crippen molar-refractivity contribution in [2.75, 3.05) is 6.54 Å². The fourth-order valence-corrected chi connectivity index (χ4v) is 1.79. The van der Waals surface area contributed by atoms with E-state index in [2.05, 4.69) is 0 Å². The number of carbonyl (C=O) groups excluding carboxylic acids is 1. The summed E-state index contributed by atoms with van der Waals surface area (Å²) in [6, 6.07) is 0. The Bertz CT molecular complexity index is 166. The number of hydrogen-bond acceptors (Lipinski definition) is 2. The molecule has 2 N–H and O–H groups in total. The third kappa shape index (κ3) is 10.2. The highest BCUT2D eigenvalue weighted by atomic mass is 16.1. The van der Waals surface area contributed by atoms with Gasteiger partial charge in [-0.1, -0.05) is 52.4 Å². The molecule has 0 radical (unpaired) electrons. The van der Waals surface area contributed by atoms with Gasteiger partial charge in [0.05, 0.1) is 0 Å². The van der Waals surface area contributed by atoms with Crippen molar-refractivity contribution in [3.05, 3.63) is 0 Å². The Balaban J connectivity index is 3.07. The summed E-state index contributed by atoms with van der Waals surface area (Å²) < 4.78 is 0. The first-order valence-electron chi connectivity index (χ1n) is 6.91. The van der Waals surface area contributed by atoms with Gasteiger partial charge in [0.1, 0.15) is 5.78 Å². The Morgan fingerprint density at radius 2 is 1.31 bits per heavy atom. The van der Waals surface area contributed by atoms with E-state index in [1.165, 1.54) is 44.9 Å². The molecule has 0 spiro atoms. The van der Waals surface area contributed by atoms with Crippen LogP contribution in [0.5, 0.6) is 0 Å². The quantitative estimate of drug-likeness (QED) is 0.547. The van der Waals surface area contributed by atoms with Crippen LogP contribution in [0.3, 0.4) is 0 Å². The Morgan fingerprint density at radius 3 is 1.75 bits per heavy atom. The van der Waals surface area contributed by atoms with Gasteiger partial charge in [-0.25, -0.2) is 0 Å². The second-order valence-electron chi connectivity index (χ2n) is 4.99. The molecule has 0 aliphatic rings. The lowest BCUT2D eigenvalue weighted by molar-refractivity contribution is -0.122. The molecular formula is C14H29NO. The van der Waals surface area contributed by atoms with Crippen molar-refractivity contribution >= 4 is 5.78 Å². The second kappa shape index (κ2) is 11.1. The molecule has 0 aliphatic heterocycles. The van der Waals surface area contributed by atoms with Crippen molar-refractivity contribution in [3.8, 4) is 0 Å². The first kappa shape index (κ1) is 15.6. The molecule has 0 atom stereocenters. The smallest absolute Gasteiger partial charge is 0.135 e. The zero-order valence-corrected chi connectivity index (χ0v) is 11.1. The minimum Gasteiger partial charge on any atom is -0.330 e. The van der Waals surface area contributed by atoms with Crippen molar-refractivity contribution in [2.24, 2.45) is 11.7 Å². The number of rotatable bonds is 11. The lowest BCUT2D eigenvalue weighted by atomic mass is 10.0. The molecule has 0 aromatic rings. The van der Waals surface area contributed by atoms with Gasteiger partial charge in [0.15, 0.2) is 0 Å². The maximum absolute atomic E-state index is 11.3. The van der Waals surface area contributed by atoms with Gasteiger partial charge in [-0.15, -0.1) is 0 Å². The largest absolute Gasteiger partial charge is 0.330 e. The summed E-state index contributed by atoms with van der Waals surface area (Å²) in [6.45, 7) is 4.80. The number of hydrogen-bond donors (Lipinski definition) is 1. The van der Waals surface area contributed by atoms with Crippen LogP contribution in [-0.4, -0.2) is 12.3 Å². The standard InChI is InChI=1S/C14H29NO/c1-13(2)14(16)11-9-7-5-3-4-6-8-10-12-15/h13H,3-12,15H2,1-2H3. The molecule has 0 bridgehead atoms. The van der Waals surface area contributed by atoms with Gasteiger partial charge < -0.3 is 5.73 Å². The molecule has 2 nitrogen and oxygen atoms in total. The van der Waals surface area contributed by atoms with Crippen molar-refractivity contribution in [2.45, 2.75) is 71.6 Å². The van der Waals surface area contributed by atoms with Gasteiger partial charge >= 0.3 is 0 Å². The van der Waals surface area contributed by atoms with E-state index >= 15 is 0 Å². The molecule has 16 heavy (non-hydrogen) atoms. The minimum atomic E-state index is 0.219. The van der Waals surface area contributed by atoms with E-state index < -0.39 is 0 Å². The molecule has 96 valence electrons. The van der Waals surface area contributed by atoms with Crippen LogP contribution in [0.2, 0.25) is 0 Å². The molecule has 0 rings (SSSR count). The van der Waals surface area contributed by atoms with E-state index in [4.69, 9.17) is 5.73 Å². The predicted octanol–water partition coefficient (Wildman–Crippen LogP) is 3.68. The number of ketones is 1. The Labute approximate surface area is 101 Å². The van der Waals surface area contributed by atoms with Crippen molar-refractivity contribution in [1.82, 2.24) is 0 Å². The SMILES string of the molecule is CC(C)C(=O)CCCCCCCCCCN. The normalized spacial score (nSPS) is 11.0. The molecule has 0 aliphatic carbocycles. The third-order valence-corrected chi connectivity index (χ3v) is 3.02. The summed E-state index contributed by atoms with van der Waals surface area (Å²) in [5.74, 6) is 0.638. The summed E-state index contributed by atoms with van der Waals surface area (Å²) >= 11 is 0. The van der Waals surface area contributed by atoms with E-state index in [9.17, 15) is 4.79 Å². The summed E-state index contributed by atoms with van der Waals surface area (Å²) in [7, 11) is 0. The Morgan fingerprint density at radius 1 is 0.875 bits per heavy atom. The molecule has 0 fully saturated rings. The van der Waals surface area contributed by atoms with Crippen LogP contribution in [0.1, 0.15) is 71.6 Å². The highest BCUT2D eigenvalue weighted by Crippen LogP contribution is 2.11. The first-order chi connectivity index (χ1) is 7.68. The van der Waals surface area contributed by atoms with Crippen LogP contribution in [0.15, 0.2) is 0 Å². The van der Waals surface area contributed by atoms with Gasteiger partial charge in [-0.3, -0.25) is 4.79 Å². The molecule has 0 saturated carbocycles. The summed E-state index contributed by atoms with van der Waals surface area (Å²) in [5, 5.41) is 0. The maximum atomic E-state index is 11.3.